The molecule has 0 aliphatic carbocycles. The average Bonchev–Trinajstić information content (AvgIpc) is 1.19. The van der Waals surface area contributed by atoms with Gasteiger partial charge in [-0.05, 0) is 0 Å². The summed E-state index contributed by atoms with van der Waals surface area (Å²) in [6.07, 6.45) is 0. The maximum atomic E-state index is 8.52. The van der Waals surface area contributed by atoms with Gasteiger partial charge in [-0.25, -0.2) is 0 Å². The molecule has 11 heavy (non-hydrogen) atoms. The topological polar surface area (TPSA) is 179 Å². The van der Waals surface area contributed by atoms with Gasteiger partial charge in [0.1, 0.15) is 0 Å². The third kappa shape index (κ3) is 2920. The van der Waals surface area contributed by atoms with Gasteiger partial charge in [-0.3, -0.25) is 8.42 Å². The van der Waals surface area contributed by atoms with Crippen LogP contribution in [0.1, 0.15) is 0 Å². The van der Waals surface area contributed by atoms with E-state index in [1.165, 1.54) is 0 Å². The number of rotatable bonds is 0. The Morgan fingerprint density at radius 3 is 1.27 bits per heavy atom. The number of nitrogens with zero attached hydrogens (tertiary/aromatic N) is 1. The third-order valence-electron chi connectivity index (χ3n) is 0. The second kappa shape index (κ2) is 10.5. The van der Waals surface area contributed by atoms with E-state index in [-0.39, 0.29) is 51.6 Å². The Kier molecular flexibility index (Phi) is 21.5. The van der Waals surface area contributed by atoms with Gasteiger partial charge in [0.15, 0.2) is 0 Å². The third-order valence-corrected chi connectivity index (χ3v) is 0. The van der Waals surface area contributed by atoms with Gasteiger partial charge in [0, 0.05) is 10.4 Å². The smallest absolute Gasteiger partial charge is 0.759 e. The standard InChI is InChI=1S/HNO3.H3N.H2O4S.Sr/c2-1(3)4;;1-5(2,3)4;/h(H,2,3,4);1H3;(H2,1,2,3,4);/q;;;+2/p-2. The Labute approximate surface area is 98.9 Å². The van der Waals surface area contributed by atoms with Gasteiger partial charge < -0.3 is 20.5 Å². The predicted molar refractivity (Wildman–Crippen MR) is 30.0 cm³/mol. The van der Waals surface area contributed by atoms with Crippen LogP contribution in [0, 0.1) is 10.1 Å². The minimum absolute atomic E-state index is 0. The Balaban J connectivity index is -0.0000000383. The Morgan fingerprint density at radius 2 is 1.27 bits per heavy atom. The quantitative estimate of drug-likeness (QED) is 0.167. The molecule has 0 aromatic carbocycles. The van der Waals surface area contributed by atoms with Crippen LogP contribution in [0.5, 0.6) is 0 Å². The molecule has 0 saturated heterocycles. The maximum Gasteiger partial charge on any atom is 2.00 e. The number of hydrogen-bond acceptors (Lipinski definition) is 7. The summed E-state index contributed by atoms with van der Waals surface area (Å²) in [5.41, 5.74) is 0. The Morgan fingerprint density at radius 1 is 1.27 bits per heavy atom. The van der Waals surface area contributed by atoms with Crippen LogP contribution in [-0.4, -0.2) is 73.3 Å². The summed E-state index contributed by atoms with van der Waals surface area (Å²) >= 11 is 0. The zero-order valence-electron chi connectivity index (χ0n) is 5.17. The van der Waals surface area contributed by atoms with E-state index >= 15 is 0 Å². The van der Waals surface area contributed by atoms with E-state index in [0.29, 0.717) is 0 Å². The van der Waals surface area contributed by atoms with E-state index in [0.717, 1.165) is 0 Å². The van der Waals surface area contributed by atoms with Gasteiger partial charge >= 0.3 is 45.5 Å². The summed E-state index contributed by atoms with van der Waals surface area (Å²) in [6, 6.07) is 0. The molecule has 0 spiro atoms. The van der Waals surface area contributed by atoms with Crippen molar-refractivity contribution < 1.29 is 27.8 Å². The minimum atomic E-state index is -5.17. The molecule has 0 aliphatic rings. The van der Waals surface area contributed by atoms with E-state index in [9.17, 15) is 0 Å². The van der Waals surface area contributed by atoms with Crippen LogP contribution in [0.4, 0.5) is 0 Å². The summed E-state index contributed by atoms with van der Waals surface area (Å²) < 4.78 is 34.1. The molecule has 0 fully saturated rings. The molecule has 0 radical (unpaired) electrons. The summed E-state index contributed by atoms with van der Waals surface area (Å²) in [4.78, 5) is 8.36. The molecule has 64 valence electrons. The summed E-state index contributed by atoms with van der Waals surface area (Å²) in [6.45, 7) is 0. The molecular weight excluding hydrogens is 260 g/mol. The first-order valence-corrected chi connectivity index (χ1v) is 2.57. The molecule has 0 rings (SSSR count). The number of hydrogen-bond donors (Lipinski definition) is 2. The van der Waals surface area contributed by atoms with Crippen LogP contribution in [0.3, 0.4) is 0 Å². The monoisotopic (exact) mass is 264 g/mol. The second-order valence-corrected chi connectivity index (χ2v) is 1.46. The van der Waals surface area contributed by atoms with E-state index in [4.69, 9.17) is 32.8 Å². The summed E-state index contributed by atoms with van der Waals surface area (Å²) in [5, 5.41) is 13.6. The zero-order valence-corrected chi connectivity index (χ0v) is 9.46. The minimum Gasteiger partial charge on any atom is -0.759 e. The molecule has 11 heteroatoms. The normalized spacial score (nSPS) is 7.45. The molecule has 0 unspecified atom stereocenters. The van der Waals surface area contributed by atoms with Crippen molar-refractivity contribution in [1.29, 1.82) is 0 Å². The van der Waals surface area contributed by atoms with Gasteiger partial charge in [0.05, 0.1) is 0 Å². The van der Waals surface area contributed by atoms with Gasteiger partial charge in [-0.15, -0.1) is 10.1 Å². The van der Waals surface area contributed by atoms with Crippen molar-refractivity contribution >= 4 is 55.9 Å². The molecule has 0 amide bonds. The molecule has 9 nitrogen and oxygen atoms in total. The van der Waals surface area contributed by atoms with Crippen molar-refractivity contribution in [1.82, 2.24) is 6.15 Å². The Hall–Kier alpha value is 0.511. The van der Waals surface area contributed by atoms with Gasteiger partial charge in [0.25, 0.3) is 5.09 Å². The zero-order chi connectivity index (χ0) is 8.08. The van der Waals surface area contributed by atoms with Crippen molar-refractivity contribution in [3.8, 4) is 0 Å². The molecule has 0 saturated carbocycles. The van der Waals surface area contributed by atoms with Crippen LogP contribution in [0.25, 0.3) is 0 Å². The molecule has 0 atom stereocenters. The summed E-state index contributed by atoms with van der Waals surface area (Å²) in [7, 11) is -5.17. The molecule has 4 N–H and O–H groups in total. The van der Waals surface area contributed by atoms with Crippen molar-refractivity contribution in [3.05, 3.63) is 10.1 Å². The maximum absolute atomic E-state index is 8.52. The fourth-order valence-electron chi connectivity index (χ4n) is 0. The molecular formula is H4N2O7SSr. The van der Waals surface area contributed by atoms with Crippen LogP contribution < -0.4 is 6.15 Å². The van der Waals surface area contributed by atoms with Crippen molar-refractivity contribution in [2.24, 2.45) is 0 Å². The first-order chi connectivity index (χ1) is 3.73. The second-order valence-electron chi connectivity index (χ2n) is 0.646. The first kappa shape index (κ1) is 22.5. The fourth-order valence-corrected chi connectivity index (χ4v) is 0. The average molecular weight is 264 g/mol. The van der Waals surface area contributed by atoms with Crippen LogP contribution >= 0.6 is 0 Å². The fraction of sp³-hybridized carbons (Fsp3) is 0. The van der Waals surface area contributed by atoms with Crippen LogP contribution in [-0.2, 0) is 10.4 Å². The molecule has 0 aromatic rings. The SMILES string of the molecule is N.O=S(=O)([O-])[O-].O=[N+]([O-])O.[Sr+2]. The summed E-state index contributed by atoms with van der Waals surface area (Å²) in [5.74, 6) is 0. The van der Waals surface area contributed by atoms with Gasteiger partial charge in [-0.2, -0.15) is 0 Å². The molecule has 0 aliphatic heterocycles. The molecule has 0 heterocycles. The van der Waals surface area contributed by atoms with Crippen molar-refractivity contribution in [2.75, 3.05) is 0 Å². The van der Waals surface area contributed by atoms with Crippen molar-refractivity contribution in [3.63, 3.8) is 0 Å². The van der Waals surface area contributed by atoms with E-state index in [1.807, 2.05) is 0 Å². The molecule has 0 aromatic heterocycles. The Bertz CT molecular complexity index is 159. The predicted octanol–water partition coefficient (Wildman–Crippen LogP) is -1.90. The van der Waals surface area contributed by atoms with E-state index in [2.05, 4.69) is 0 Å². The van der Waals surface area contributed by atoms with E-state index in [1.54, 1.807) is 0 Å². The van der Waals surface area contributed by atoms with Gasteiger partial charge in [0.2, 0.25) is 0 Å². The van der Waals surface area contributed by atoms with E-state index < -0.39 is 15.5 Å². The van der Waals surface area contributed by atoms with Gasteiger partial charge in [-0.1, -0.05) is 0 Å². The van der Waals surface area contributed by atoms with Crippen LogP contribution in [0.15, 0.2) is 0 Å². The first-order valence-electron chi connectivity index (χ1n) is 1.23. The molecule has 0 bridgehead atoms. The van der Waals surface area contributed by atoms with Crippen LogP contribution in [0.2, 0.25) is 0 Å². The largest absolute Gasteiger partial charge is 2.00 e. The van der Waals surface area contributed by atoms with Crippen molar-refractivity contribution in [2.45, 2.75) is 0 Å².